The highest BCUT2D eigenvalue weighted by Gasteiger charge is 2.29. The van der Waals surface area contributed by atoms with Crippen LogP contribution in [0, 0.1) is 0 Å². The molecule has 0 aliphatic heterocycles. The number of aliphatic hydroxyl groups is 1. The van der Waals surface area contributed by atoms with Crippen LogP contribution in [-0.4, -0.2) is 14.9 Å². The average molecular weight is 291 g/mol. The number of aromatic nitrogens is 2. The summed E-state index contributed by atoms with van der Waals surface area (Å²) < 4.78 is 38.6. The molecule has 1 aromatic carbocycles. The Morgan fingerprint density at radius 3 is 2.32 bits per heavy atom. The SMILES string of the molecule is OCc1cnn(Cc2ccc(C(F)(F)F)cc2)c1Cl. The topological polar surface area (TPSA) is 38.1 Å². The Labute approximate surface area is 112 Å². The molecule has 0 fully saturated rings. The summed E-state index contributed by atoms with van der Waals surface area (Å²) in [6, 6.07) is 4.78. The van der Waals surface area contributed by atoms with E-state index in [4.69, 9.17) is 16.7 Å². The van der Waals surface area contributed by atoms with Gasteiger partial charge in [-0.1, -0.05) is 23.7 Å². The minimum absolute atomic E-state index is 0.230. The van der Waals surface area contributed by atoms with Crippen LogP contribution in [-0.2, 0) is 19.3 Å². The van der Waals surface area contributed by atoms with Gasteiger partial charge < -0.3 is 5.11 Å². The maximum Gasteiger partial charge on any atom is 0.416 e. The van der Waals surface area contributed by atoms with Gasteiger partial charge in [-0.05, 0) is 17.7 Å². The number of nitrogens with zero attached hydrogens (tertiary/aromatic N) is 2. The van der Waals surface area contributed by atoms with Gasteiger partial charge in [-0.15, -0.1) is 0 Å². The second-order valence-electron chi connectivity index (χ2n) is 3.97. The largest absolute Gasteiger partial charge is 0.416 e. The van der Waals surface area contributed by atoms with Crippen LogP contribution >= 0.6 is 11.6 Å². The predicted molar refractivity (Wildman–Crippen MR) is 63.7 cm³/mol. The number of alkyl halides is 3. The molecule has 7 heteroatoms. The van der Waals surface area contributed by atoms with Crippen molar-refractivity contribution in [3.63, 3.8) is 0 Å². The molecule has 0 saturated carbocycles. The van der Waals surface area contributed by atoms with E-state index in [1.807, 2.05) is 0 Å². The van der Waals surface area contributed by atoms with E-state index >= 15 is 0 Å². The Bertz CT molecular complexity index is 563. The summed E-state index contributed by atoms with van der Waals surface area (Å²) in [5.41, 5.74) is 0.426. The summed E-state index contributed by atoms with van der Waals surface area (Å²) in [7, 11) is 0. The molecule has 2 aromatic rings. The van der Waals surface area contributed by atoms with Crippen LogP contribution in [0.1, 0.15) is 16.7 Å². The lowest BCUT2D eigenvalue weighted by atomic mass is 10.1. The van der Waals surface area contributed by atoms with E-state index in [0.29, 0.717) is 11.1 Å². The van der Waals surface area contributed by atoms with Crippen LogP contribution in [0.5, 0.6) is 0 Å². The zero-order chi connectivity index (χ0) is 14.0. The van der Waals surface area contributed by atoms with Gasteiger partial charge in [-0.25, -0.2) is 4.68 Å². The fourth-order valence-electron chi connectivity index (χ4n) is 1.60. The minimum Gasteiger partial charge on any atom is -0.392 e. The lowest BCUT2D eigenvalue weighted by molar-refractivity contribution is -0.137. The first kappa shape index (κ1) is 13.9. The Morgan fingerprint density at radius 2 is 1.84 bits per heavy atom. The van der Waals surface area contributed by atoms with E-state index in [0.717, 1.165) is 12.1 Å². The van der Waals surface area contributed by atoms with Crippen LogP contribution in [0.3, 0.4) is 0 Å². The fraction of sp³-hybridized carbons (Fsp3) is 0.250. The molecule has 0 unspecified atom stereocenters. The second kappa shape index (κ2) is 5.22. The van der Waals surface area contributed by atoms with Crippen LogP contribution in [0.4, 0.5) is 13.2 Å². The van der Waals surface area contributed by atoms with E-state index in [2.05, 4.69) is 5.10 Å². The maximum absolute atomic E-state index is 12.4. The van der Waals surface area contributed by atoms with Crippen molar-refractivity contribution < 1.29 is 18.3 Å². The monoisotopic (exact) mass is 290 g/mol. The normalized spacial score (nSPS) is 11.8. The molecule has 1 aromatic heterocycles. The number of hydrogen-bond donors (Lipinski definition) is 1. The molecule has 2 rings (SSSR count). The molecule has 3 nitrogen and oxygen atoms in total. The van der Waals surface area contributed by atoms with E-state index in [1.54, 1.807) is 0 Å². The number of halogens is 4. The van der Waals surface area contributed by atoms with Crippen LogP contribution in [0.15, 0.2) is 30.5 Å². The van der Waals surface area contributed by atoms with E-state index in [9.17, 15) is 13.2 Å². The summed E-state index contributed by atoms with van der Waals surface area (Å²) in [5, 5.41) is 13.2. The summed E-state index contributed by atoms with van der Waals surface area (Å²) >= 11 is 5.94. The lowest BCUT2D eigenvalue weighted by Gasteiger charge is -2.08. The highest BCUT2D eigenvalue weighted by atomic mass is 35.5. The van der Waals surface area contributed by atoms with Crippen molar-refractivity contribution in [3.05, 3.63) is 52.3 Å². The van der Waals surface area contributed by atoms with Crippen LogP contribution in [0.25, 0.3) is 0 Å². The number of aliphatic hydroxyl groups excluding tert-OH is 1. The molecule has 0 atom stereocenters. The Morgan fingerprint density at radius 1 is 1.21 bits per heavy atom. The molecule has 1 N–H and O–H groups in total. The maximum atomic E-state index is 12.4. The molecule has 102 valence electrons. The first-order valence-electron chi connectivity index (χ1n) is 5.39. The molecular formula is C12H10ClF3N2O. The van der Waals surface area contributed by atoms with E-state index in [1.165, 1.54) is 23.0 Å². The Hall–Kier alpha value is -1.53. The van der Waals surface area contributed by atoms with Gasteiger partial charge in [0.25, 0.3) is 0 Å². The van der Waals surface area contributed by atoms with Crippen LogP contribution < -0.4 is 0 Å². The molecule has 0 aliphatic carbocycles. The number of hydrogen-bond acceptors (Lipinski definition) is 2. The standard InChI is InChI=1S/C12H10ClF3N2O/c13-11-9(7-19)5-17-18(11)6-8-1-3-10(4-2-8)12(14,15)16/h1-5,19H,6-7H2. The number of benzene rings is 1. The van der Waals surface area contributed by atoms with Crippen molar-refractivity contribution in [2.24, 2.45) is 0 Å². The second-order valence-corrected chi connectivity index (χ2v) is 4.33. The predicted octanol–water partition coefficient (Wildman–Crippen LogP) is 3.10. The highest BCUT2D eigenvalue weighted by molar-refractivity contribution is 6.30. The Balaban J connectivity index is 2.17. The molecule has 19 heavy (non-hydrogen) atoms. The molecule has 0 radical (unpaired) electrons. The lowest BCUT2D eigenvalue weighted by Crippen LogP contribution is -2.06. The number of rotatable bonds is 3. The van der Waals surface area contributed by atoms with Gasteiger partial charge in [0, 0.05) is 5.56 Å². The zero-order valence-electron chi connectivity index (χ0n) is 9.65. The van der Waals surface area contributed by atoms with Gasteiger partial charge in [-0.2, -0.15) is 18.3 Å². The Kier molecular flexibility index (Phi) is 3.82. The first-order valence-corrected chi connectivity index (χ1v) is 5.77. The summed E-state index contributed by atoms with van der Waals surface area (Å²) in [6.45, 7) is 0.0167. The summed E-state index contributed by atoms with van der Waals surface area (Å²) in [5.74, 6) is 0. The van der Waals surface area contributed by atoms with Crippen molar-refractivity contribution in [1.29, 1.82) is 0 Å². The smallest absolute Gasteiger partial charge is 0.392 e. The third-order valence-corrected chi connectivity index (χ3v) is 3.07. The summed E-state index contributed by atoms with van der Waals surface area (Å²) in [4.78, 5) is 0. The van der Waals surface area contributed by atoms with Gasteiger partial charge in [0.2, 0.25) is 0 Å². The van der Waals surface area contributed by atoms with Crippen molar-refractivity contribution in [1.82, 2.24) is 9.78 Å². The summed E-state index contributed by atoms with van der Waals surface area (Å²) in [6.07, 6.45) is -2.92. The van der Waals surface area contributed by atoms with Gasteiger partial charge >= 0.3 is 6.18 Å². The average Bonchev–Trinajstić information content (AvgIpc) is 2.70. The van der Waals surface area contributed by atoms with Crippen LogP contribution in [0.2, 0.25) is 5.15 Å². The van der Waals surface area contributed by atoms with Gasteiger partial charge in [0.1, 0.15) is 5.15 Å². The van der Waals surface area contributed by atoms with Gasteiger partial charge in [0.15, 0.2) is 0 Å². The molecule has 0 saturated heterocycles. The molecule has 0 aliphatic rings. The minimum atomic E-state index is -4.34. The third-order valence-electron chi connectivity index (χ3n) is 2.63. The third kappa shape index (κ3) is 3.08. The van der Waals surface area contributed by atoms with E-state index < -0.39 is 11.7 Å². The van der Waals surface area contributed by atoms with E-state index in [-0.39, 0.29) is 18.3 Å². The van der Waals surface area contributed by atoms with Crippen molar-refractivity contribution >= 4 is 11.6 Å². The molecule has 0 amide bonds. The molecular weight excluding hydrogens is 281 g/mol. The van der Waals surface area contributed by atoms with Crippen molar-refractivity contribution in [3.8, 4) is 0 Å². The van der Waals surface area contributed by atoms with Gasteiger partial charge in [0.05, 0.1) is 24.9 Å². The quantitative estimate of drug-likeness (QED) is 0.943. The van der Waals surface area contributed by atoms with Crippen molar-refractivity contribution in [2.45, 2.75) is 19.3 Å². The van der Waals surface area contributed by atoms with Crippen molar-refractivity contribution in [2.75, 3.05) is 0 Å². The molecule has 0 spiro atoms. The fourth-order valence-corrected chi connectivity index (χ4v) is 1.81. The zero-order valence-corrected chi connectivity index (χ0v) is 10.4. The highest BCUT2D eigenvalue weighted by Crippen LogP contribution is 2.29. The molecule has 1 heterocycles. The van der Waals surface area contributed by atoms with Gasteiger partial charge in [-0.3, -0.25) is 0 Å². The molecule has 0 bridgehead atoms. The first-order chi connectivity index (χ1) is 8.91.